The molecule has 1 saturated heterocycles. The molecule has 0 aromatic heterocycles. The minimum atomic E-state index is 0.268. The fourth-order valence-electron chi connectivity index (χ4n) is 3.04. The lowest BCUT2D eigenvalue weighted by Crippen LogP contribution is -2.52. The van der Waals surface area contributed by atoms with E-state index in [1.54, 1.807) is 0 Å². The van der Waals surface area contributed by atoms with Gasteiger partial charge in [-0.25, -0.2) is 0 Å². The normalized spacial score (nSPS) is 18.6. The van der Waals surface area contributed by atoms with E-state index >= 15 is 0 Å². The maximum Gasteiger partial charge on any atom is 0.103 e. The number of para-hydroxylation sites is 1. The van der Waals surface area contributed by atoms with Gasteiger partial charge in [0.15, 0.2) is 0 Å². The zero-order valence-electron chi connectivity index (χ0n) is 13.1. The molecule has 0 unspecified atom stereocenters. The predicted molar refractivity (Wildman–Crippen MR) is 92.7 cm³/mol. The van der Waals surface area contributed by atoms with E-state index < -0.39 is 0 Å². The monoisotopic (exact) mass is 290 g/mol. The maximum absolute atomic E-state index is 3.38. The van der Waals surface area contributed by atoms with Gasteiger partial charge in [0.1, 0.15) is 6.04 Å². The van der Waals surface area contributed by atoms with Gasteiger partial charge < -0.3 is 4.90 Å². The van der Waals surface area contributed by atoms with Crippen LogP contribution in [0.1, 0.15) is 12.5 Å². The molecule has 0 saturated carbocycles. The fourth-order valence-corrected chi connectivity index (χ4v) is 3.04. The van der Waals surface area contributed by atoms with Gasteiger partial charge in [-0.15, -0.1) is 5.92 Å². The largest absolute Gasteiger partial charge is 0.355 e. The highest BCUT2D eigenvalue weighted by atomic mass is 15.3. The summed E-state index contributed by atoms with van der Waals surface area (Å²) >= 11 is 0. The summed E-state index contributed by atoms with van der Waals surface area (Å²) in [5.74, 6) is 6.49. The minimum absolute atomic E-state index is 0.268. The highest BCUT2D eigenvalue weighted by molar-refractivity contribution is 5.49. The average molecular weight is 290 g/mol. The Kier molecular flexibility index (Phi) is 4.78. The van der Waals surface area contributed by atoms with Crippen molar-refractivity contribution in [3.8, 4) is 11.8 Å². The summed E-state index contributed by atoms with van der Waals surface area (Å²) in [5, 5.41) is 0. The van der Waals surface area contributed by atoms with Crippen LogP contribution in [0.3, 0.4) is 0 Å². The summed E-state index contributed by atoms with van der Waals surface area (Å²) in [6, 6.07) is 21.6. The van der Waals surface area contributed by atoms with Crippen LogP contribution in [0.5, 0.6) is 0 Å². The topological polar surface area (TPSA) is 6.48 Å². The number of rotatable bonds is 3. The number of piperazine rings is 1. The molecule has 112 valence electrons. The average Bonchev–Trinajstić information content (AvgIpc) is 2.57. The highest BCUT2D eigenvalue weighted by Crippen LogP contribution is 2.21. The molecular weight excluding hydrogens is 268 g/mol. The van der Waals surface area contributed by atoms with Crippen molar-refractivity contribution in [3.05, 3.63) is 66.2 Å². The van der Waals surface area contributed by atoms with Crippen LogP contribution in [0, 0.1) is 11.8 Å². The SMILES string of the molecule is CC#C[C@H]1CN(Cc2ccccc2)CCN1c1ccccc1. The van der Waals surface area contributed by atoms with Gasteiger partial charge in [-0.05, 0) is 24.6 Å². The van der Waals surface area contributed by atoms with Crippen molar-refractivity contribution in [3.63, 3.8) is 0 Å². The minimum Gasteiger partial charge on any atom is -0.355 e. The van der Waals surface area contributed by atoms with Crippen molar-refractivity contribution in [2.24, 2.45) is 0 Å². The lowest BCUT2D eigenvalue weighted by molar-refractivity contribution is 0.232. The van der Waals surface area contributed by atoms with Crippen LogP contribution in [0.4, 0.5) is 5.69 Å². The second-order valence-electron chi connectivity index (χ2n) is 5.66. The first kappa shape index (κ1) is 14.7. The van der Waals surface area contributed by atoms with Gasteiger partial charge in [0.2, 0.25) is 0 Å². The Morgan fingerprint density at radius 2 is 1.64 bits per heavy atom. The molecule has 2 nitrogen and oxygen atoms in total. The van der Waals surface area contributed by atoms with Crippen LogP contribution in [-0.2, 0) is 6.54 Å². The second-order valence-corrected chi connectivity index (χ2v) is 5.66. The maximum atomic E-state index is 3.38. The second kappa shape index (κ2) is 7.15. The first-order valence-corrected chi connectivity index (χ1v) is 7.87. The Bertz CT molecular complexity index is 640. The number of hydrogen-bond donors (Lipinski definition) is 0. The van der Waals surface area contributed by atoms with E-state index in [0.717, 1.165) is 26.2 Å². The molecule has 0 bridgehead atoms. The molecule has 0 amide bonds. The Hall–Kier alpha value is -2.24. The zero-order valence-corrected chi connectivity index (χ0v) is 13.1. The van der Waals surface area contributed by atoms with Gasteiger partial charge in [-0.1, -0.05) is 54.5 Å². The van der Waals surface area contributed by atoms with Crippen molar-refractivity contribution >= 4 is 5.69 Å². The Balaban J connectivity index is 1.72. The molecule has 0 N–H and O–H groups in total. The van der Waals surface area contributed by atoms with Crippen LogP contribution < -0.4 is 4.90 Å². The molecule has 1 heterocycles. The lowest BCUT2D eigenvalue weighted by atomic mass is 10.1. The van der Waals surface area contributed by atoms with Crippen LogP contribution in [0.25, 0.3) is 0 Å². The number of nitrogens with zero attached hydrogens (tertiary/aromatic N) is 2. The van der Waals surface area contributed by atoms with Crippen molar-refractivity contribution in [1.29, 1.82) is 0 Å². The van der Waals surface area contributed by atoms with Crippen LogP contribution in [-0.4, -0.2) is 30.6 Å². The first-order valence-electron chi connectivity index (χ1n) is 7.87. The first-order chi connectivity index (χ1) is 10.9. The van der Waals surface area contributed by atoms with E-state index in [9.17, 15) is 0 Å². The number of benzene rings is 2. The van der Waals surface area contributed by atoms with Crippen LogP contribution in [0.2, 0.25) is 0 Å². The Morgan fingerprint density at radius 3 is 2.32 bits per heavy atom. The molecule has 1 aliphatic heterocycles. The third-order valence-corrected chi connectivity index (χ3v) is 4.11. The molecule has 1 atom stereocenters. The van der Waals surface area contributed by atoms with Gasteiger partial charge >= 0.3 is 0 Å². The molecule has 0 spiro atoms. The molecule has 3 rings (SSSR count). The third-order valence-electron chi connectivity index (χ3n) is 4.11. The highest BCUT2D eigenvalue weighted by Gasteiger charge is 2.25. The predicted octanol–water partition coefficient (Wildman–Crippen LogP) is 3.40. The quantitative estimate of drug-likeness (QED) is 0.799. The molecular formula is C20H22N2. The van der Waals surface area contributed by atoms with Crippen LogP contribution in [0.15, 0.2) is 60.7 Å². The number of anilines is 1. The van der Waals surface area contributed by atoms with Gasteiger partial charge in [-0.2, -0.15) is 0 Å². The third kappa shape index (κ3) is 3.50. The van der Waals surface area contributed by atoms with Crippen LogP contribution >= 0.6 is 0 Å². The molecule has 22 heavy (non-hydrogen) atoms. The Morgan fingerprint density at radius 1 is 0.955 bits per heavy atom. The molecule has 2 heteroatoms. The molecule has 2 aromatic rings. The molecule has 2 aromatic carbocycles. The van der Waals surface area contributed by atoms with Gasteiger partial charge in [0.05, 0.1) is 0 Å². The van der Waals surface area contributed by atoms with Crippen molar-refractivity contribution < 1.29 is 0 Å². The van der Waals surface area contributed by atoms with Crippen molar-refractivity contribution in [1.82, 2.24) is 4.90 Å². The fraction of sp³-hybridized carbons (Fsp3) is 0.300. The standard InChI is InChI=1S/C20H22N2/c1-2-9-20-17-21(16-18-10-5-3-6-11-18)14-15-22(20)19-12-7-4-8-13-19/h3-8,10-13,20H,14-17H2,1H3/t20-/m0/s1. The van der Waals surface area contributed by atoms with Gasteiger partial charge in [0, 0.05) is 31.9 Å². The van der Waals surface area contributed by atoms with Crippen molar-refractivity contribution in [2.75, 3.05) is 24.5 Å². The van der Waals surface area contributed by atoms with E-state index in [0.29, 0.717) is 0 Å². The Labute approximate surface area is 133 Å². The summed E-state index contributed by atoms with van der Waals surface area (Å²) in [5.41, 5.74) is 2.65. The smallest absolute Gasteiger partial charge is 0.103 e. The lowest BCUT2D eigenvalue weighted by Gasteiger charge is -2.40. The van der Waals surface area contributed by atoms with E-state index in [4.69, 9.17) is 0 Å². The summed E-state index contributed by atoms with van der Waals surface area (Å²) in [7, 11) is 0. The van der Waals surface area contributed by atoms with E-state index in [1.807, 2.05) is 6.92 Å². The molecule has 0 radical (unpaired) electrons. The van der Waals surface area contributed by atoms with E-state index in [2.05, 4.69) is 82.3 Å². The van der Waals surface area contributed by atoms with E-state index in [-0.39, 0.29) is 6.04 Å². The summed E-state index contributed by atoms with van der Waals surface area (Å²) < 4.78 is 0. The zero-order chi connectivity index (χ0) is 15.2. The van der Waals surface area contributed by atoms with E-state index in [1.165, 1.54) is 11.3 Å². The van der Waals surface area contributed by atoms with Gasteiger partial charge in [0.25, 0.3) is 0 Å². The number of hydrogen-bond acceptors (Lipinski definition) is 2. The molecule has 1 aliphatic rings. The molecule has 1 fully saturated rings. The summed E-state index contributed by atoms with van der Waals surface area (Å²) in [6.07, 6.45) is 0. The molecule has 0 aliphatic carbocycles. The van der Waals surface area contributed by atoms with Crippen molar-refractivity contribution in [2.45, 2.75) is 19.5 Å². The summed E-state index contributed by atoms with van der Waals surface area (Å²) in [4.78, 5) is 4.93. The van der Waals surface area contributed by atoms with Gasteiger partial charge in [-0.3, -0.25) is 4.90 Å². The summed E-state index contributed by atoms with van der Waals surface area (Å²) in [6.45, 7) is 6.02.